The zero-order valence-corrected chi connectivity index (χ0v) is 29.1. The van der Waals surface area contributed by atoms with E-state index in [1.54, 1.807) is 36.0 Å². The minimum absolute atomic E-state index is 0.0269. The lowest BCUT2D eigenvalue weighted by atomic mass is 9.91. The maximum absolute atomic E-state index is 13.1. The van der Waals surface area contributed by atoms with Gasteiger partial charge in [-0.25, -0.2) is 0 Å². The Morgan fingerprint density at radius 1 is 0.765 bits per heavy atom. The number of rotatable bonds is 10. The summed E-state index contributed by atoms with van der Waals surface area (Å²) in [5, 5.41) is 12.4. The summed E-state index contributed by atoms with van der Waals surface area (Å²) in [6, 6.07) is 38.4. The summed E-state index contributed by atoms with van der Waals surface area (Å²) in [5.41, 5.74) is 7.09. The number of nitrogens with one attached hydrogen (secondary N) is 1. The normalized spacial score (nSPS) is 19.9. The van der Waals surface area contributed by atoms with Crippen LogP contribution in [0, 0.1) is 5.92 Å². The quantitative estimate of drug-likeness (QED) is 0.112. The van der Waals surface area contributed by atoms with Gasteiger partial charge >= 0.3 is 0 Å². The molecule has 1 saturated heterocycles. The van der Waals surface area contributed by atoms with Gasteiger partial charge in [-0.15, -0.1) is 11.8 Å². The van der Waals surface area contributed by atoms with E-state index in [0.717, 1.165) is 44.0 Å². The fraction of sp³-hybridized carbons (Fsp3) is 0.214. The maximum atomic E-state index is 13.1. The van der Waals surface area contributed by atoms with E-state index in [-0.39, 0.29) is 49.0 Å². The van der Waals surface area contributed by atoms with Crippen LogP contribution in [-0.2, 0) is 27.4 Å². The van der Waals surface area contributed by atoms with E-state index in [4.69, 9.17) is 9.47 Å². The van der Waals surface area contributed by atoms with Crippen LogP contribution in [0.15, 0.2) is 126 Å². The van der Waals surface area contributed by atoms with Gasteiger partial charge in [-0.05, 0) is 64.2 Å². The van der Waals surface area contributed by atoms with Crippen molar-refractivity contribution in [2.45, 2.75) is 50.4 Å². The Morgan fingerprint density at radius 3 is 2.00 bits per heavy atom. The Labute approximate surface area is 301 Å². The Bertz CT molecular complexity index is 2010. The van der Waals surface area contributed by atoms with Gasteiger partial charge in [-0.2, -0.15) is 0 Å². The van der Waals surface area contributed by atoms with Crippen LogP contribution in [0.25, 0.3) is 11.1 Å². The van der Waals surface area contributed by atoms with Crippen LogP contribution in [0.2, 0.25) is 0 Å². The molecule has 9 heteroatoms. The van der Waals surface area contributed by atoms with Crippen molar-refractivity contribution in [1.82, 2.24) is 4.90 Å². The summed E-state index contributed by atoms with van der Waals surface area (Å²) in [7, 11) is 0. The molecule has 5 aromatic rings. The van der Waals surface area contributed by atoms with E-state index < -0.39 is 6.29 Å². The van der Waals surface area contributed by atoms with Crippen LogP contribution in [0.3, 0.4) is 0 Å². The zero-order chi connectivity index (χ0) is 35.5. The average Bonchev–Trinajstić information content (AvgIpc) is 3.40. The smallest absolute Gasteiger partial charge is 0.261 e. The lowest BCUT2D eigenvalue weighted by molar-refractivity contribution is -0.268. The SMILES string of the molecule is CC(=O)Nc1ccc(SCC2OC(c3ccc(-c4ccccc4CN4C(=O)c5ccccc5C4=O)cc3)OC(c3ccc(CO)cc3)C2C)cc1. The van der Waals surface area contributed by atoms with Crippen LogP contribution in [-0.4, -0.2) is 39.6 Å². The molecule has 8 nitrogen and oxygen atoms in total. The lowest BCUT2D eigenvalue weighted by Crippen LogP contribution is -2.38. The fourth-order valence-electron chi connectivity index (χ4n) is 6.64. The minimum atomic E-state index is -0.626. The molecule has 0 aromatic heterocycles. The number of imide groups is 1. The second kappa shape index (κ2) is 15.0. The highest BCUT2D eigenvalue weighted by molar-refractivity contribution is 7.99. The molecule has 4 unspecified atom stereocenters. The summed E-state index contributed by atoms with van der Waals surface area (Å²) in [6.45, 7) is 3.77. The van der Waals surface area contributed by atoms with Crippen molar-refractivity contribution in [3.05, 3.63) is 155 Å². The van der Waals surface area contributed by atoms with Crippen molar-refractivity contribution in [3.63, 3.8) is 0 Å². The topological polar surface area (TPSA) is 105 Å². The molecular formula is C42H38N2O6S. The first kappa shape index (κ1) is 34.4. The van der Waals surface area contributed by atoms with E-state index in [1.807, 2.05) is 97.1 Å². The Kier molecular flexibility index (Phi) is 10.1. The van der Waals surface area contributed by atoms with Crippen molar-refractivity contribution in [2.75, 3.05) is 11.1 Å². The third kappa shape index (κ3) is 7.38. The average molecular weight is 699 g/mol. The first-order chi connectivity index (χ1) is 24.8. The van der Waals surface area contributed by atoms with Gasteiger partial charge in [0.25, 0.3) is 11.8 Å². The third-order valence-corrected chi connectivity index (χ3v) is 10.5. The van der Waals surface area contributed by atoms with Gasteiger partial charge in [-0.1, -0.05) is 91.9 Å². The molecule has 258 valence electrons. The largest absolute Gasteiger partial charge is 0.392 e. The van der Waals surface area contributed by atoms with Gasteiger partial charge in [0.05, 0.1) is 36.5 Å². The summed E-state index contributed by atoms with van der Waals surface area (Å²) >= 11 is 1.69. The van der Waals surface area contributed by atoms with E-state index in [1.165, 1.54) is 11.8 Å². The van der Waals surface area contributed by atoms with Crippen LogP contribution in [0.5, 0.6) is 0 Å². The number of amides is 3. The number of aliphatic hydroxyl groups is 1. The van der Waals surface area contributed by atoms with Crippen LogP contribution in [0.4, 0.5) is 5.69 Å². The van der Waals surface area contributed by atoms with Crippen LogP contribution in [0.1, 0.15) is 69.2 Å². The summed E-state index contributed by atoms with van der Waals surface area (Å²) in [6.07, 6.45) is -1.02. The predicted octanol–water partition coefficient (Wildman–Crippen LogP) is 8.18. The molecule has 2 heterocycles. The predicted molar refractivity (Wildman–Crippen MR) is 197 cm³/mol. The van der Waals surface area contributed by atoms with Gasteiger partial charge in [0.2, 0.25) is 5.91 Å². The Morgan fingerprint density at radius 2 is 1.37 bits per heavy atom. The molecule has 0 aliphatic carbocycles. The maximum Gasteiger partial charge on any atom is 0.261 e. The van der Waals surface area contributed by atoms with Gasteiger partial charge in [0, 0.05) is 34.7 Å². The molecule has 0 bridgehead atoms. The Hall–Kier alpha value is -5.06. The second-order valence-corrected chi connectivity index (χ2v) is 14.0. The molecule has 0 radical (unpaired) electrons. The van der Waals surface area contributed by atoms with Crippen molar-refractivity contribution in [3.8, 4) is 11.1 Å². The second-order valence-electron chi connectivity index (χ2n) is 12.9. The zero-order valence-electron chi connectivity index (χ0n) is 28.3. The van der Waals surface area contributed by atoms with Crippen LogP contribution >= 0.6 is 11.8 Å². The Balaban J connectivity index is 1.11. The molecule has 2 aliphatic rings. The molecule has 2 aliphatic heterocycles. The standard InChI is InChI=1S/C42H38N2O6S/c1-26-38(25-51-34-21-19-33(20-22-34)43-27(2)46)49-42(50-39(26)30-13-11-28(24-45)12-14-30)31-17-15-29(16-18-31)35-8-4-3-7-32(35)23-44-40(47)36-9-5-6-10-37(36)41(44)48/h3-22,26,38-39,42,45H,23-25H2,1-2H3,(H,43,46). The molecule has 0 spiro atoms. The highest BCUT2D eigenvalue weighted by Crippen LogP contribution is 2.43. The van der Waals surface area contributed by atoms with E-state index in [9.17, 15) is 19.5 Å². The van der Waals surface area contributed by atoms with Crippen molar-refractivity contribution < 1.29 is 29.0 Å². The monoisotopic (exact) mass is 698 g/mol. The van der Waals surface area contributed by atoms with Gasteiger partial charge in [-0.3, -0.25) is 19.3 Å². The van der Waals surface area contributed by atoms with E-state index in [0.29, 0.717) is 16.9 Å². The highest BCUT2D eigenvalue weighted by Gasteiger charge is 2.39. The third-order valence-electron chi connectivity index (χ3n) is 9.43. The van der Waals surface area contributed by atoms with Crippen LogP contribution < -0.4 is 5.32 Å². The van der Waals surface area contributed by atoms with E-state index >= 15 is 0 Å². The molecule has 1 fully saturated rings. The van der Waals surface area contributed by atoms with Gasteiger partial charge in [0.1, 0.15) is 0 Å². The first-order valence-electron chi connectivity index (χ1n) is 16.9. The lowest BCUT2D eigenvalue weighted by Gasteiger charge is -2.41. The molecule has 51 heavy (non-hydrogen) atoms. The number of aliphatic hydroxyl groups excluding tert-OH is 1. The molecule has 0 saturated carbocycles. The number of carbonyl (C=O) groups is 3. The number of hydrogen-bond donors (Lipinski definition) is 2. The van der Waals surface area contributed by atoms with Crippen molar-refractivity contribution in [2.24, 2.45) is 5.92 Å². The molecule has 5 aromatic carbocycles. The summed E-state index contributed by atoms with van der Waals surface area (Å²) < 4.78 is 13.3. The van der Waals surface area contributed by atoms with Crippen molar-refractivity contribution in [1.29, 1.82) is 0 Å². The molecule has 4 atom stereocenters. The summed E-state index contributed by atoms with van der Waals surface area (Å²) in [5.74, 6) is 0.0478. The number of thioether (sulfide) groups is 1. The number of benzene rings is 5. The molecule has 2 N–H and O–H groups in total. The van der Waals surface area contributed by atoms with Crippen molar-refractivity contribution >= 4 is 35.2 Å². The highest BCUT2D eigenvalue weighted by atomic mass is 32.2. The number of ether oxygens (including phenoxy) is 2. The number of carbonyl (C=O) groups excluding carboxylic acids is 3. The fourth-order valence-corrected chi connectivity index (χ4v) is 7.71. The number of anilines is 1. The molecule has 3 amide bonds. The number of nitrogens with zero attached hydrogens (tertiary/aromatic N) is 1. The van der Waals surface area contributed by atoms with Gasteiger partial charge in [0.15, 0.2) is 6.29 Å². The number of hydrogen-bond acceptors (Lipinski definition) is 7. The molecular weight excluding hydrogens is 661 g/mol. The number of fused-ring (bicyclic) bond motifs is 1. The van der Waals surface area contributed by atoms with E-state index in [2.05, 4.69) is 12.2 Å². The molecule has 7 rings (SSSR count). The summed E-state index contributed by atoms with van der Waals surface area (Å²) in [4.78, 5) is 40.1. The van der Waals surface area contributed by atoms with Gasteiger partial charge < -0.3 is 19.9 Å². The minimum Gasteiger partial charge on any atom is -0.392 e. The first-order valence-corrected chi connectivity index (χ1v) is 17.9.